The van der Waals surface area contributed by atoms with E-state index in [0.29, 0.717) is 29.8 Å². The Morgan fingerprint density at radius 3 is 2.79 bits per heavy atom. The first-order valence-corrected chi connectivity index (χ1v) is 9.48. The summed E-state index contributed by atoms with van der Waals surface area (Å²) >= 11 is 0. The molecule has 2 aliphatic heterocycles. The van der Waals surface area contributed by atoms with Gasteiger partial charge in [-0.15, -0.1) is 0 Å². The van der Waals surface area contributed by atoms with E-state index in [0.717, 1.165) is 0 Å². The molecule has 0 radical (unpaired) electrons. The molecule has 1 aromatic carbocycles. The number of benzene rings is 1. The molecule has 3 atom stereocenters. The van der Waals surface area contributed by atoms with Crippen molar-refractivity contribution in [3.05, 3.63) is 23.8 Å². The van der Waals surface area contributed by atoms with E-state index in [9.17, 15) is 14.4 Å². The van der Waals surface area contributed by atoms with Gasteiger partial charge in [-0.05, 0) is 31.0 Å². The van der Waals surface area contributed by atoms with E-state index in [1.54, 1.807) is 30.1 Å². The monoisotopic (exact) mass is 406 g/mol. The van der Waals surface area contributed by atoms with Crippen LogP contribution in [-0.4, -0.2) is 75.4 Å². The lowest BCUT2D eigenvalue weighted by Crippen LogP contribution is -2.53. The van der Waals surface area contributed by atoms with E-state index in [2.05, 4.69) is 5.32 Å². The van der Waals surface area contributed by atoms with Gasteiger partial charge in [0.25, 0.3) is 5.91 Å². The van der Waals surface area contributed by atoms with Crippen molar-refractivity contribution in [3.63, 3.8) is 0 Å². The maximum atomic E-state index is 13.1. The molecule has 2 heterocycles. The molecule has 9 heteroatoms. The minimum absolute atomic E-state index is 0.0741. The van der Waals surface area contributed by atoms with Crippen molar-refractivity contribution in [1.29, 1.82) is 0 Å². The van der Waals surface area contributed by atoms with Gasteiger partial charge < -0.3 is 29.2 Å². The summed E-state index contributed by atoms with van der Waals surface area (Å²) in [7, 11) is 4.52. The first kappa shape index (κ1) is 21.1. The molecular formula is C20H26N2O7. The number of hydrogen-bond acceptors (Lipinski definition) is 7. The molecule has 0 spiro atoms. The van der Waals surface area contributed by atoms with E-state index in [4.69, 9.17) is 18.9 Å². The number of rotatable bonds is 5. The predicted octanol–water partition coefficient (Wildman–Crippen LogP) is 1.22. The molecule has 0 aromatic heterocycles. The number of carbonyl (C=O) groups excluding carboxylic acids is 3. The lowest BCUT2D eigenvalue weighted by molar-refractivity contribution is -0.151. The molecule has 1 N–H and O–H groups in total. The maximum absolute atomic E-state index is 13.1. The molecule has 0 unspecified atom stereocenters. The molecule has 2 aliphatic rings. The summed E-state index contributed by atoms with van der Waals surface area (Å²) in [5.74, 6) is -0.424. The van der Waals surface area contributed by atoms with Crippen molar-refractivity contribution in [1.82, 2.24) is 4.90 Å². The van der Waals surface area contributed by atoms with Gasteiger partial charge in [0.1, 0.15) is 25.1 Å². The number of amides is 2. The van der Waals surface area contributed by atoms with Gasteiger partial charge in [0.05, 0.1) is 31.2 Å². The normalized spacial score (nSPS) is 23.8. The third-order valence-electron chi connectivity index (χ3n) is 5.19. The van der Waals surface area contributed by atoms with Crippen LogP contribution in [-0.2, 0) is 23.8 Å². The number of anilines is 1. The number of nitrogens with one attached hydrogen (secondary N) is 1. The number of ether oxygens (including phenoxy) is 4. The summed E-state index contributed by atoms with van der Waals surface area (Å²) in [5.41, 5.74) is 0.865. The molecule has 158 valence electrons. The fourth-order valence-electron chi connectivity index (χ4n) is 3.70. The fourth-order valence-corrected chi connectivity index (χ4v) is 3.70. The van der Waals surface area contributed by atoms with Crippen molar-refractivity contribution >= 4 is 23.5 Å². The highest BCUT2D eigenvalue weighted by Crippen LogP contribution is 2.32. The van der Waals surface area contributed by atoms with Crippen LogP contribution in [0.4, 0.5) is 5.69 Å². The minimum atomic E-state index is -0.346. The largest absolute Gasteiger partial charge is 0.490 e. The molecule has 9 nitrogen and oxygen atoms in total. The quantitative estimate of drug-likeness (QED) is 0.733. The van der Waals surface area contributed by atoms with Gasteiger partial charge in [0, 0.05) is 19.8 Å². The second-order valence-corrected chi connectivity index (χ2v) is 7.14. The summed E-state index contributed by atoms with van der Waals surface area (Å²) in [6.07, 6.45) is 0.916. The second-order valence-electron chi connectivity index (χ2n) is 7.14. The molecule has 2 amide bonds. The van der Waals surface area contributed by atoms with Crippen LogP contribution < -0.4 is 10.1 Å². The van der Waals surface area contributed by atoms with Gasteiger partial charge in [0.15, 0.2) is 0 Å². The average molecular weight is 406 g/mol. The summed E-state index contributed by atoms with van der Waals surface area (Å²) in [6.45, 7) is 0.178. The van der Waals surface area contributed by atoms with Crippen LogP contribution in [0.3, 0.4) is 0 Å². The molecular weight excluding hydrogens is 380 g/mol. The number of nitrogens with zero attached hydrogens (tertiary/aromatic N) is 1. The van der Waals surface area contributed by atoms with Crippen molar-refractivity contribution < 1.29 is 33.3 Å². The molecule has 1 fully saturated rings. The van der Waals surface area contributed by atoms with Crippen molar-refractivity contribution in [2.24, 2.45) is 0 Å². The van der Waals surface area contributed by atoms with Gasteiger partial charge in [0.2, 0.25) is 5.91 Å². The van der Waals surface area contributed by atoms with E-state index in [-0.39, 0.29) is 55.7 Å². The Kier molecular flexibility index (Phi) is 6.71. The van der Waals surface area contributed by atoms with Gasteiger partial charge >= 0.3 is 5.97 Å². The van der Waals surface area contributed by atoms with E-state index in [1.165, 1.54) is 14.2 Å². The SMILES string of the molecule is COCC(=O)Nc1ccc2c(c1)C(=O)N(C)[C@@H]1CC[C@H](CC(=O)OC)O[C@H]1CO2. The first-order valence-electron chi connectivity index (χ1n) is 9.48. The highest BCUT2D eigenvalue weighted by atomic mass is 16.6. The average Bonchev–Trinajstić information content (AvgIpc) is 2.71. The zero-order valence-corrected chi connectivity index (χ0v) is 16.8. The number of hydrogen-bond donors (Lipinski definition) is 1. The van der Waals surface area contributed by atoms with Gasteiger partial charge in [-0.2, -0.15) is 0 Å². The van der Waals surface area contributed by atoms with Crippen molar-refractivity contribution in [2.75, 3.05) is 39.8 Å². The van der Waals surface area contributed by atoms with Gasteiger partial charge in [-0.1, -0.05) is 0 Å². The Morgan fingerprint density at radius 1 is 1.28 bits per heavy atom. The molecule has 0 saturated carbocycles. The first-order chi connectivity index (χ1) is 13.9. The zero-order valence-electron chi connectivity index (χ0n) is 16.8. The summed E-state index contributed by atoms with van der Waals surface area (Å²) < 4.78 is 21.4. The number of methoxy groups -OCH3 is 2. The Bertz CT molecular complexity index is 782. The van der Waals surface area contributed by atoms with Gasteiger partial charge in [-0.3, -0.25) is 14.4 Å². The lowest BCUT2D eigenvalue weighted by Gasteiger charge is -2.42. The third-order valence-corrected chi connectivity index (χ3v) is 5.19. The van der Waals surface area contributed by atoms with Crippen molar-refractivity contribution in [2.45, 2.75) is 37.5 Å². The fraction of sp³-hybridized carbons (Fsp3) is 0.550. The number of fused-ring (bicyclic) bond motifs is 2. The van der Waals surface area contributed by atoms with Gasteiger partial charge in [-0.25, -0.2) is 0 Å². The van der Waals surface area contributed by atoms with E-state index >= 15 is 0 Å². The van der Waals surface area contributed by atoms with Crippen LogP contribution in [0.2, 0.25) is 0 Å². The molecule has 1 saturated heterocycles. The number of likely N-dealkylation sites (N-methyl/N-ethyl adjacent to an activating group) is 1. The molecule has 0 bridgehead atoms. The molecule has 29 heavy (non-hydrogen) atoms. The summed E-state index contributed by atoms with van der Waals surface area (Å²) in [5, 5.41) is 2.69. The number of carbonyl (C=O) groups is 3. The molecule has 0 aliphatic carbocycles. The molecule has 3 rings (SSSR count). The topological polar surface area (TPSA) is 103 Å². The Hall–Kier alpha value is -2.65. The van der Waals surface area contributed by atoms with Crippen molar-refractivity contribution in [3.8, 4) is 5.75 Å². The number of esters is 1. The van der Waals surface area contributed by atoms with Crippen LogP contribution >= 0.6 is 0 Å². The summed E-state index contributed by atoms with van der Waals surface area (Å²) in [4.78, 5) is 38.1. The highest BCUT2D eigenvalue weighted by Gasteiger charge is 2.39. The minimum Gasteiger partial charge on any atom is -0.490 e. The lowest BCUT2D eigenvalue weighted by atomic mass is 9.94. The third kappa shape index (κ3) is 4.86. The van der Waals surface area contributed by atoms with Crippen LogP contribution in [0.1, 0.15) is 29.6 Å². The Labute approximate surface area is 169 Å². The Morgan fingerprint density at radius 2 is 2.07 bits per heavy atom. The predicted molar refractivity (Wildman–Crippen MR) is 103 cm³/mol. The highest BCUT2D eigenvalue weighted by molar-refractivity contribution is 6.00. The van der Waals surface area contributed by atoms with Crippen LogP contribution in [0.5, 0.6) is 5.75 Å². The smallest absolute Gasteiger partial charge is 0.308 e. The zero-order chi connectivity index (χ0) is 21.0. The second kappa shape index (κ2) is 9.23. The standard InChI is InChI=1S/C20H26N2O7/c1-22-15-6-5-13(9-19(24)27-3)29-17(15)10-28-16-7-4-12(8-14(16)20(22)25)21-18(23)11-26-2/h4,7-8,13,15,17H,5-6,9-11H2,1-3H3,(H,21,23)/t13-,15-,17+/m1/s1. The van der Waals surface area contributed by atoms with E-state index < -0.39 is 0 Å². The Balaban J connectivity index is 1.77. The van der Waals surface area contributed by atoms with Crippen LogP contribution in [0, 0.1) is 0 Å². The van der Waals surface area contributed by atoms with Crippen LogP contribution in [0.15, 0.2) is 18.2 Å². The molecule has 1 aromatic rings. The van der Waals surface area contributed by atoms with Crippen LogP contribution in [0.25, 0.3) is 0 Å². The summed E-state index contributed by atoms with van der Waals surface area (Å²) in [6, 6.07) is 4.75. The van der Waals surface area contributed by atoms with E-state index in [1.807, 2.05) is 0 Å². The maximum Gasteiger partial charge on any atom is 0.308 e.